The summed E-state index contributed by atoms with van der Waals surface area (Å²) in [6.45, 7) is 0.588. The summed E-state index contributed by atoms with van der Waals surface area (Å²) in [5.74, 6) is 0. The van der Waals surface area contributed by atoms with Crippen molar-refractivity contribution in [2.24, 2.45) is 0 Å². The number of hydrogen-bond donors (Lipinski definition) is 1. The molecule has 0 atom stereocenters. The summed E-state index contributed by atoms with van der Waals surface area (Å²) in [4.78, 5) is 10.5. The molecule has 2 aromatic rings. The Bertz CT molecular complexity index is 662. The normalized spacial score (nSPS) is 10.3. The van der Waals surface area contributed by atoms with Crippen molar-refractivity contribution in [3.63, 3.8) is 0 Å². The van der Waals surface area contributed by atoms with Crippen molar-refractivity contribution < 1.29 is 4.92 Å². The molecule has 0 aromatic heterocycles. The van der Waals surface area contributed by atoms with Gasteiger partial charge in [-0.2, -0.15) is 0 Å². The van der Waals surface area contributed by atoms with Gasteiger partial charge in [0.2, 0.25) is 0 Å². The summed E-state index contributed by atoms with van der Waals surface area (Å²) < 4.78 is 2.43. The molecule has 104 valence electrons. The first-order chi connectivity index (χ1) is 9.47. The van der Waals surface area contributed by atoms with Gasteiger partial charge in [-0.15, -0.1) is 0 Å². The van der Waals surface area contributed by atoms with Crippen LogP contribution in [0.3, 0.4) is 0 Å². The maximum atomic E-state index is 10.9. The Kier molecular flexibility index (Phi) is 5.17. The average Bonchev–Trinajstić information content (AvgIpc) is 2.41. The van der Waals surface area contributed by atoms with Crippen molar-refractivity contribution in [1.82, 2.24) is 0 Å². The highest BCUT2D eigenvalue weighted by Gasteiger charge is 2.12. The Balaban J connectivity index is 2.12. The van der Waals surface area contributed by atoms with E-state index in [2.05, 4.69) is 53.1 Å². The third kappa shape index (κ3) is 3.80. The fraction of sp³-hybridized carbons (Fsp3) is 0.0769. The number of halogens is 3. The molecular formula is C13H9Br3N2O2. The number of rotatable bonds is 4. The second-order valence-electron chi connectivity index (χ2n) is 4.03. The minimum Gasteiger partial charge on any atom is -0.381 e. The molecule has 0 aliphatic heterocycles. The van der Waals surface area contributed by atoms with Crippen LogP contribution in [0.1, 0.15) is 5.56 Å². The molecule has 7 heteroatoms. The monoisotopic (exact) mass is 462 g/mol. The third-order valence-electron chi connectivity index (χ3n) is 2.62. The number of anilines is 1. The zero-order valence-corrected chi connectivity index (χ0v) is 14.8. The van der Waals surface area contributed by atoms with E-state index in [0.717, 1.165) is 14.5 Å². The quantitative estimate of drug-likeness (QED) is 0.480. The predicted molar refractivity (Wildman–Crippen MR) is 90.0 cm³/mol. The smallest absolute Gasteiger partial charge is 0.285 e. The summed E-state index contributed by atoms with van der Waals surface area (Å²) in [5, 5.41) is 14.0. The van der Waals surface area contributed by atoms with Gasteiger partial charge in [0.25, 0.3) is 5.69 Å². The van der Waals surface area contributed by atoms with E-state index in [1.54, 1.807) is 12.1 Å². The van der Waals surface area contributed by atoms with E-state index in [-0.39, 0.29) is 5.69 Å². The number of benzene rings is 2. The van der Waals surface area contributed by atoms with E-state index < -0.39 is 4.92 Å². The van der Waals surface area contributed by atoms with Crippen LogP contribution in [0.4, 0.5) is 11.4 Å². The lowest BCUT2D eigenvalue weighted by Crippen LogP contribution is -2.00. The van der Waals surface area contributed by atoms with Crippen molar-refractivity contribution in [3.8, 4) is 0 Å². The van der Waals surface area contributed by atoms with E-state index >= 15 is 0 Å². The third-order valence-corrected chi connectivity index (χ3v) is 5.17. The van der Waals surface area contributed by atoms with Gasteiger partial charge in [-0.3, -0.25) is 10.1 Å². The fourth-order valence-corrected chi connectivity index (χ4v) is 2.68. The highest BCUT2D eigenvalue weighted by Crippen LogP contribution is 2.28. The van der Waals surface area contributed by atoms with Crippen LogP contribution in [0.2, 0.25) is 0 Å². The molecule has 0 heterocycles. The first-order valence-corrected chi connectivity index (χ1v) is 7.97. The van der Waals surface area contributed by atoms with Crippen LogP contribution in [0.5, 0.6) is 0 Å². The molecule has 20 heavy (non-hydrogen) atoms. The van der Waals surface area contributed by atoms with E-state index in [4.69, 9.17) is 0 Å². The Hall–Kier alpha value is -0.920. The maximum Gasteiger partial charge on any atom is 0.285 e. The topological polar surface area (TPSA) is 55.2 Å². The van der Waals surface area contributed by atoms with Crippen LogP contribution >= 0.6 is 47.8 Å². The van der Waals surface area contributed by atoms with Crippen LogP contribution in [0, 0.1) is 10.1 Å². The van der Waals surface area contributed by atoms with Crippen LogP contribution in [-0.4, -0.2) is 4.92 Å². The molecule has 4 nitrogen and oxygen atoms in total. The molecule has 0 fully saturated rings. The van der Waals surface area contributed by atoms with E-state index in [0.29, 0.717) is 16.7 Å². The lowest BCUT2D eigenvalue weighted by molar-refractivity contribution is -0.385. The summed E-state index contributed by atoms with van der Waals surface area (Å²) in [7, 11) is 0. The Labute approximate surface area is 141 Å². The molecule has 0 unspecified atom stereocenters. The van der Waals surface area contributed by atoms with Crippen LogP contribution in [-0.2, 0) is 6.54 Å². The molecule has 2 rings (SSSR count). The van der Waals surface area contributed by atoms with Gasteiger partial charge >= 0.3 is 0 Å². The Morgan fingerprint density at radius 2 is 1.70 bits per heavy atom. The van der Waals surface area contributed by atoms with Crippen molar-refractivity contribution in [2.45, 2.75) is 6.54 Å². The number of nitrogens with zero attached hydrogens (tertiary/aromatic N) is 1. The molecule has 1 N–H and O–H groups in total. The number of nitro benzene ring substituents is 1. The molecule has 0 aliphatic carbocycles. The van der Waals surface area contributed by atoms with E-state index in [1.165, 1.54) is 6.07 Å². The van der Waals surface area contributed by atoms with Crippen molar-refractivity contribution >= 4 is 59.2 Å². The second-order valence-corrected chi connectivity index (χ2v) is 6.59. The predicted octanol–water partition coefficient (Wildman–Crippen LogP) is 5.49. The van der Waals surface area contributed by atoms with Gasteiger partial charge in [0.15, 0.2) is 0 Å². The molecule has 0 amide bonds. The summed E-state index contributed by atoms with van der Waals surface area (Å²) in [6.07, 6.45) is 0. The summed E-state index contributed by atoms with van der Waals surface area (Å²) in [5.41, 5.74) is 1.83. The SMILES string of the molecule is O=[N+]([O-])c1cc(NCc2ccc(Br)c(Br)c2)ccc1Br. The van der Waals surface area contributed by atoms with Crippen molar-refractivity contribution in [1.29, 1.82) is 0 Å². The largest absolute Gasteiger partial charge is 0.381 e. The highest BCUT2D eigenvalue weighted by atomic mass is 79.9. The molecule has 0 saturated heterocycles. The Morgan fingerprint density at radius 1 is 1.00 bits per heavy atom. The maximum absolute atomic E-state index is 10.9. The molecule has 0 aliphatic rings. The van der Waals surface area contributed by atoms with Gasteiger partial charge in [-0.1, -0.05) is 6.07 Å². The molecule has 0 bridgehead atoms. The van der Waals surface area contributed by atoms with E-state index in [1.807, 2.05) is 18.2 Å². The van der Waals surface area contributed by atoms with Crippen LogP contribution in [0.25, 0.3) is 0 Å². The molecule has 0 saturated carbocycles. The highest BCUT2D eigenvalue weighted by molar-refractivity contribution is 9.13. The molecule has 2 aromatic carbocycles. The van der Waals surface area contributed by atoms with Crippen LogP contribution < -0.4 is 5.32 Å². The standard InChI is InChI=1S/C13H9Br3N2O2/c14-10-3-1-8(5-12(10)16)7-17-9-2-4-11(15)13(6-9)18(19)20/h1-6,17H,7H2. The Morgan fingerprint density at radius 3 is 2.35 bits per heavy atom. The van der Waals surface area contributed by atoms with Crippen LogP contribution in [0.15, 0.2) is 49.8 Å². The molecular weight excluding hydrogens is 456 g/mol. The molecule has 0 spiro atoms. The minimum atomic E-state index is -0.411. The first-order valence-electron chi connectivity index (χ1n) is 5.59. The number of hydrogen-bond acceptors (Lipinski definition) is 3. The van der Waals surface area contributed by atoms with Gasteiger partial charge in [-0.05, 0) is 77.6 Å². The minimum absolute atomic E-state index is 0.0481. The average molecular weight is 465 g/mol. The lowest BCUT2D eigenvalue weighted by Gasteiger charge is -2.08. The van der Waals surface area contributed by atoms with Gasteiger partial charge < -0.3 is 5.32 Å². The van der Waals surface area contributed by atoms with Crippen molar-refractivity contribution in [2.75, 3.05) is 5.32 Å². The lowest BCUT2D eigenvalue weighted by atomic mass is 10.2. The summed E-state index contributed by atoms with van der Waals surface area (Å²) >= 11 is 10.0. The van der Waals surface area contributed by atoms with Gasteiger partial charge in [0, 0.05) is 27.2 Å². The summed E-state index contributed by atoms with van der Waals surface area (Å²) in [6, 6.07) is 10.9. The first kappa shape index (κ1) is 15.5. The second kappa shape index (κ2) is 6.69. The van der Waals surface area contributed by atoms with Gasteiger partial charge in [0.05, 0.1) is 9.40 Å². The van der Waals surface area contributed by atoms with Gasteiger partial charge in [-0.25, -0.2) is 0 Å². The number of nitrogens with one attached hydrogen (secondary N) is 1. The van der Waals surface area contributed by atoms with E-state index in [9.17, 15) is 10.1 Å². The zero-order valence-electron chi connectivity index (χ0n) is 10.1. The fourth-order valence-electron chi connectivity index (χ4n) is 1.62. The van der Waals surface area contributed by atoms with Gasteiger partial charge in [0.1, 0.15) is 0 Å². The molecule has 0 radical (unpaired) electrons. The van der Waals surface area contributed by atoms with Crippen molar-refractivity contribution in [3.05, 3.63) is 65.5 Å². The number of nitro groups is 1. The zero-order chi connectivity index (χ0) is 14.7.